The molecule has 0 aliphatic heterocycles. The summed E-state index contributed by atoms with van der Waals surface area (Å²) < 4.78 is 7.20. The van der Waals surface area contributed by atoms with E-state index in [0.717, 1.165) is 33.7 Å². The lowest BCUT2D eigenvalue weighted by molar-refractivity contribution is 0.149. The van der Waals surface area contributed by atoms with E-state index in [2.05, 4.69) is 20.3 Å². The van der Waals surface area contributed by atoms with Crippen molar-refractivity contribution in [1.82, 2.24) is 25.1 Å². The maximum atomic E-state index is 10.3. The molecule has 0 amide bonds. The van der Waals surface area contributed by atoms with Gasteiger partial charge in [-0.3, -0.25) is 15.0 Å². The number of ether oxygens (including phenoxy) is 1. The standard InChI is InChI=1S/C23H27N7O2/c1-25-23(31)15-8-18(10-19(9-15)32-3)30(7-6-24)17-4-5-20-21(11-17)28-22(13-26-20)16-12-27-29(2)14-16/h4-5,8-14,23,25,31H,6-7,24H2,1-3H3. The smallest absolute Gasteiger partial charge is 0.131 e. The van der Waals surface area contributed by atoms with Gasteiger partial charge in [0, 0.05) is 54.9 Å². The Morgan fingerprint density at radius 3 is 2.69 bits per heavy atom. The summed E-state index contributed by atoms with van der Waals surface area (Å²) in [6.07, 6.45) is 4.62. The Balaban J connectivity index is 1.78. The number of rotatable bonds is 8. The number of aromatic nitrogens is 4. The fourth-order valence-electron chi connectivity index (χ4n) is 3.60. The maximum absolute atomic E-state index is 10.3. The first kappa shape index (κ1) is 21.7. The van der Waals surface area contributed by atoms with Gasteiger partial charge in [-0.15, -0.1) is 0 Å². The van der Waals surface area contributed by atoms with Crippen molar-refractivity contribution in [3.8, 4) is 17.0 Å². The molecule has 0 fully saturated rings. The number of nitrogens with zero attached hydrogens (tertiary/aromatic N) is 5. The number of methoxy groups -OCH3 is 1. The lowest BCUT2D eigenvalue weighted by Crippen LogP contribution is -2.25. The Labute approximate surface area is 186 Å². The minimum atomic E-state index is -0.812. The minimum absolute atomic E-state index is 0.445. The van der Waals surface area contributed by atoms with Crippen LogP contribution in [-0.2, 0) is 7.05 Å². The highest BCUT2D eigenvalue weighted by Gasteiger charge is 2.15. The molecular weight excluding hydrogens is 406 g/mol. The van der Waals surface area contributed by atoms with E-state index in [0.29, 0.717) is 24.4 Å². The Kier molecular flexibility index (Phi) is 6.31. The molecule has 0 saturated carbocycles. The van der Waals surface area contributed by atoms with Crippen LogP contribution in [0.3, 0.4) is 0 Å². The first-order valence-electron chi connectivity index (χ1n) is 10.3. The lowest BCUT2D eigenvalue weighted by Gasteiger charge is -2.26. The third-order valence-corrected chi connectivity index (χ3v) is 5.24. The van der Waals surface area contributed by atoms with Crippen LogP contribution in [0.5, 0.6) is 5.75 Å². The number of aryl methyl sites for hydroxylation is 1. The van der Waals surface area contributed by atoms with Gasteiger partial charge in [-0.1, -0.05) is 0 Å². The molecule has 0 spiro atoms. The second kappa shape index (κ2) is 9.31. The van der Waals surface area contributed by atoms with Crippen molar-refractivity contribution in [2.75, 3.05) is 32.1 Å². The summed E-state index contributed by atoms with van der Waals surface area (Å²) in [7, 11) is 5.17. The minimum Gasteiger partial charge on any atom is -0.497 e. The molecule has 0 aliphatic carbocycles. The molecule has 2 heterocycles. The summed E-state index contributed by atoms with van der Waals surface area (Å²) in [4.78, 5) is 11.4. The average molecular weight is 434 g/mol. The van der Waals surface area contributed by atoms with E-state index >= 15 is 0 Å². The molecule has 0 aliphatic rings. The maximum Gasteiger partial charge on any atom is 0.131 e. The SMILES string of the molecule is CNC(O)c1cc(OC)cc(N(CCN)c2ccc3ncc(-c4cnn(C)c4)nc3c2)c1. The number of anilines is 2. The molecule has 0 bridgehead atoms. The molecular formula is C23H27N7O2. The average Bonchev–Trinajstić information content (AvgIpc) is 3.27. The van der Waals surface area contributed by atoms with Crippen molar-refractivity contribution in [3.05, 3.63) is 60.6 Å². The van der Waals surface area contributed by atoms with E-state index < -0.39 is 6.23 Å². The number of aliphatic hydroxyl groups is 1. The second-order valence-electron chi connectivity index (χ2n) is 7.43. The zero-order chi connectivity index (χ0) is 22.7. The van der Waals surface area contributed by atoms with Gasteiger partial charge >= 0.3 is 0 Å². The van der Waals surface area contributed by atoms with E-state index in [4.69, 9.17) is 15.5 Å². The van der Waals surface area contributed by atoms with Gasteiger partial charge in [-0.2, -0.15) is 5.10 Å². The number of aliphatic hydroxyl groups excluding tert-OH is 1. The highest BCUT2D eigenvalue weighted by Crippen LogP contribution is 2.33. The largest absolute Gasteiger partial charge is 0.497 e. The quantitative estimate of drug-likeness (QED) is 0.363. The predicted octanol–water partition coefficient (Wildman–Crippen LogP) is 2.35. The van der Waals surface area contributed by atoms with Crippen molar-refractivity contribution < 1.29 is 9.84 Å². The van der Waals surface area contributed by atoms with E-state index in [1.54, 1.807) is 37.3 Å². The van der Waals surface area contributed by atoms with Gasteiger partial charge in [0.25, 0.3) is 0 Å². The molecule has 4 rings (SSSR count). The summed E-state index contributed by atoms with van der Waals surface area (Å²) in [6.45, 7) is 1.02. The number of nitrogens with one attached hydrogen (secondary N) is 1. The Hall–Kier alpha value is -3.53. The fraction of sp³-hybridized carbons (Fsp3) is 0.261. The summed E-state index contributed by atoms with van der Waals surface area (Å²) in [6, 6.07) is 11.6. The van der Waals surface area contributed by atoms with Crippen LogP contribution in [0.15, 0.2) is 55.0 Å². The van der Waals surface area contributed by atoms with Crippen LogP contribution >= 0.6 is 0 Å². The number of benzene rings is 2. The molecule has 1 unspecified atom stereocenters. The highest BCUT2D eigenvalue weighted by molar-refractivity contribution is 5.82. The molecule has 32 heavy (non-hydrogen) atoms. The summed E-state index contributed by atoms with van der Waals surface area (Å²) in [5, 5.41) is 17.4. The van der Waals surface area contributed by atoms with Crippen molar-refractivity contribution >= 4 is 22.4 Å². The van der Waals surface area contributed by atoms with Gasteiger partial charge in [0.15, 0.2) is 0 Å². The van der Waals surface area contributed by atoms with Gasteiger partial charge in [-0.05, 0) is 37.4 Å². The third-order valence-electron chi connectivity index (χ3n) is 5.24. The van der Waals surface area contributed by atoms with Gasteiger partial charge in [-0.25, -0.2) is 4.98 Å². The summed E-state index contributed by atoms with van der Waals surface area (Å²) in [5.41, 5.74) is 11.6. The zero-order valence-corrected chi connectivity index (χ0v) is 18.4. The molecule has 9 heteroatoms. The van der Waals surface area contributed by atoms with Crippen molar-refractivity contribution in [3.63, 3.8) is 0 Å². The normalized spacial score (nSPS) is 12.2. The highest BCUT2D eigenvalue weighted by atomic mass is 16.5. The van der Waals surface area contributed by atoms with Crippen LogP contribution in [-0.4, -0.2) is 52.1 Å². The fourth-order valence-corrected chi connectivity index (χ4v) is 3.60. The van der Waals surface area contributed by atoms with Crippen LogP contribution in [0.25, 0.3) is 22.3 Å². The van der Waals surface area contributed by atoms with Gasteiger partial charge in [0.1, 0.15) is 12.0 Å². The van der Waals surface area contributed by atoms with Gasteiger partial charge < -0.3 is 20.5 Å². The Bertz CT molecular complexity index is 1220. The molecule has 2 aromatic carbocycles. The number of hydrogen-bond donors (Lipinski definition) is 3. The topological polar surface area (TPSA) is 114 Å². The number of nitrogens with two attached hydrogens (primary N) is 1. The van der Waals surface area contributed by atoms with E-state index in [1.807, 2.05) is 43.6 Å². The van der Waals surface area contributed by atoms with Crippen molar-refractivity contribution in [2.45, 2.75) is 6.23 Å². The second-order valence-corrected chi connectivity index (χ2v) is 7.43. The number of fused-ring (bicyclic) bond motifs is 1. The molecule has 4 aromatic rings. The van der Waals surface area contributed by atoms with Gasteiger partial charge in [0.05, 0.1) is 36.2 Å². The van der Waals surface area contributed by atoms with E-state index in [9.17, 15) is 5.11 Å². The molecule has 166 valence electrons. The molecule has 4 N–H and O–H groups in total. The molecule has 0 radical (unpaired) electrons. The van der Waals surface area contributed by atoms with Crippen molar-refractivity contribution in [2.24, 2.45) is 12.8 Å². The Morgan fingerprint density at radius 1 is 1.16 bits per heavy atom. The predicted molar refractivity (Wildman–Crippen MR) is 125 cm³/mol. The summed E-state index contributed by atoms with van der Waals surface area (Å²) in [5.74, 6) is 0.647. The van der Waals surface area contributed by atoms with E-state index in [-0.39, 0.29) is 0 Å². The first-order chi connectivity index (χ1) is 15.5. The molecule has 1 atom stereocenters. The Morgan fingerprint density at radius 2 is 2.00 bits per heavy atom. The molecule has 9 nitrogen and oxygen atoms in total. The van der Waals surface area contributed by atoms with Crippen LogP contribution in [0.2, 0.25) is 0 Å². The first-order valence-corrected chi connectivity index (χ1v) is 10.3. The van der Waals surface area contributed by atoms with Crippen LogP contribution < -0.4 is 20.7 Å². The van der Waals surface area contributed by atoms with E-state index in [1.165, 1.54) is 0 Å². The van der Waals surface area contributed by atoms with Crippen molar-refractivity contribution in [1.29, 1.82) is 0 Å². The lowest BCUT2D eigenvalue weighted by atomic mass is 10.1. The van der Waals surface area contributed by atoms with Gasteiger partial charge in [0.2, 0.25) is 0 Å². The molecule has 2 aromatic heterocycles. The molecule has 0 saturated heterocycles. The zero-order valence-electron chi connectivity index (χ0n) is 18.4. The van der Waals surface area contributed by atoms with Crippen LogP contribution in [0.1, 0.15) is 11.8 Å². The monoisotopic (exact) mass is 433 g/mol. The summed E-state index contributed by atoms with van der Waals surface area (Å²) >= 11 is 0. The number of hydrogen-bond acceptors (Lipinski definition) is 8. The van der Waals surface area contributed by atoms with Crippen LogP contribution in [0.4, 0.5) is 11.4 Å². The van der Waals surface area contributed by atoms with Crippen LogP contribution in [0, 0.1) is 0 Å². The third kappa shape index (κ3) is 4.40.